The third-order valence-electron chi connectivity index (χ3n) is 3.17. The summed E-state index contributed by atoms with van der Waals surface area (Å²) < 4.78 is 5.72. The van der Waals surface area contributed by atoms with Crippen molar-refractivity contribution in [1.82, 2.24) is 4.90 Å². The van der Waals surface area contributed by atoms with E-state index in [4.69, 9.17) is 16.3 Å². The monoisotopic (exact) mass is 279 g/mol. The molecule has 0 aliphatic carbocycles. The number of ether oxygens (including phenoxy) is 1. The first-order chi connectivity index (χ1) is 9.20. The average molecular weight is 280 g/mol. The van der Waals surface area contributed by atoms with Gasteiger partial charge in [0.1, 0.15) is 0 Å². The zero-order valence-electron chi connectivity index (χ0n) is 11.0. The summed E-state index contributed by atoms with van der Waals surface area (Å²) in [5, 5.41) is 0.753. The molecular formula is C15H18ClNO2. The number of amides is 1. The summed E-state index contributed by atoms with van der Waals surface area (Å²) in [6.45, 7) is 3.70. The van der Waals surface area contributed by atoms with Crippen molar-refractivity contribution >= 4 is 17.5 Å². The summed E-state index contributed by atoms with van der Waals surface area (Å²) in [5.74, 6) is 0.0509. The van der Waals surface area contributed by atoms with Crippen LogP contribution in [-0.4, -0.2) is 36.6 Å². The van der Waals surface area contributed by atoms with Crippen molar-refractivity contribution in [3.05, 3.63) is 47.0 Å². The molecule has 1 amide bonds. The first-order valence-corrected chi connectivity index (χ1v) is 6.85. The Morgan fingerprint density at radius 2 is 2.32 bits per heavy atom. The Kier molecular flexibility index (Phi) is 5.00. The number of morpholine rings is 1. The SMILES string of the molecule is C/C=C/C(=O)N1CCO[C@@H](Cc2ccccc2Cl)C1. The fourth-order valence-corrected chi connectivity index (χ4v) is 2.41. The van der Waals surface area contributed by atoms with Crippen LogP contribution in [0.3, 0.4) is 0 Å². The van der Waals surface area contributed by atoms with Crippen LogP contribution in [0.1, 0.15) is 12.5 Å². The number of benzene rings is 1. The maximum Gasteiger partial charge on any atom is 0.246 e. The maximum absolute atomic E-state index is 11.8. The predicted molar refractivity (Wildman–Crippen MR) is 76.3 cm³/mol. The van der Waals surface area contributed by atoms with Crippen LogP contribution in [0.25, 0.3) is 0 Å². The molecule has 4 heteroatoms. The second-order valence-electron chi connectivity index (χ2n) is 4.57. The first kappa shape index (κ1) is 14.1. The number of nitrogens with zero attached hydrogens (tertiary/aromatic N) is 1. The smallest absolute Gasteiger partial charge is 0.246 e. The molecule has 0 radical (unpaired) electrons. The van der Waals surface area contributed by atoms with Gasteiger partial charge in [0.2, 0.25) is 5.91 Å². The van der Waals surface area contributed by atoms with Gasteiger partial charge in [-0.15, -0.1) is 0 Å². The number of rotatable bonds is 3. The van der Waals surface area contributed by atoms with E-state index in [1.165, 1.54) is 0 Å². The van der Waals surface area contributed by atoms with Gasteiger partial charge < -0.3 is 9.64 Å². The number of hydrogen-bond donors (Lipinski definition) is 0. The van der Waals surface area contributed by atoms with E-state index in [-0.39, 0.29) is 12.0 Å². The molecule has 1 aliphatic heterocycles. The summed E-state index contributed by atoms with van der Waals surface area (Å²) in [7, 11) is 0. The molecule has 1 aromatic carbocycles. The second kappa shape index (κ2) is 6.73. The minimum atomic E-state index is 0.0165. The highest BCUT2D eigenvalue weighted by Crippen LogP contribution is 2.19. The van der Waals surface area contributed by atoms with Crippen molar-refractivity contribution in [3.8, 4) is 0 Å². The summed E-state index contributed by atoms with van der Waals surface area (Å²) >= 11 is 6.14. The van der Waals surface area contributed by atoms with E-state index in [1.807, 2.05) is 36.1 Å². The summed E-state index contributed by atoms with van der Waals surface area (Å²) in [6.07, 6.45) is 4.11. The fourth-order valence-electron chi connectivity index (χ4n) is 2.20. The zero-order chi connectivity index (χ0) is 13.7. The molecule has 1 heterocycles. The van der Waals surface area contributed by atoms with Crippen LogP contribution in [0.4, 0.5) is 0 Å². The van der Waals surface area contributed by atoms with Crippen LogP contribution in [-0.2, 0) is 16.0 Å². The van der Waals surface area contributed by atoms with Crippen LogP contribution < -0.4 is 0 Å². The number of carbonyl (C=O) groups is 1. The van der Waals surface area contributed by atoms with Gasteiger partial charge in [-0.25, -0.2) is 0 Å². The summed E-state index contributed by atoms with van der Waals surface area (Å²) in [5.41, 5.74) is 1.06. The normalized spacial score (nSPS) is 19.9. The summed E-state index contributed by atoms with van der Waals surface area (Å²) in [6, 6.07) is 7.75. The molecular weight excluding hydrogens is 262 g/mol. The van der Waals surface area contributed by atoms with E-state index in [1.54, 1.807) is 12.2 Å². The van der Waals surface area contributed by atoms with Gasteiger partial charge in [0.25, 0.3) is 0 Å². The molecule has 0 aromatic heterocycles. The van der Waals surface area contributed by atoms with Gasteiger partial charge in [0.05, 0.1) is 12.7 Å². The van der Waals surface area contributed by atoms with Crippen molar-refractivity contribution in [2.24, 2.45) is 0 Å². The molecule has 0 saturated carbocycles. The molecule has 0 spiro atoms. The van der Waals surface area contributed by atoms with E-state index in [2.05, 4.69) is 0 Å². The van der Waals surface area contributed by atoms with Crippen LogP contribution in [0, 0.1) is 0 Å². The highest BCUT2D eigenvalue weighted by atomic mass is 35.5. The topological polar surface area (TPSA) is 29.5 Å². The Bertz CT molecular complexity index is 473. The largest absolute Gasteiger partial charge is 0.374 e. The van der Waals surface area contributed by atoms with Crippen molar-refractivity contribution in [2.75, 3.05) is 19.7 Å². The van der Waals surface area contributed by atoms with Gasteiger partial charge in [0.15, 0.2) is 0 Å². The van der Waals surface area contributed by atoms with Crippen LogP contribution in [0.15, 0.2) is 36.4 Å². The minimum absolute atomic E-state index is 0.0165. The average Bonchev–Trinajstić information content (AvgIpc) is 2.42. The molecule has 3 nitrogen and oxygen atoms in total. The van der Waals surface area contributed by atoms with Crippen molar-refractivity contribution < 1.29 is 9.53 Å². The Labute approximate surface area is 118 Å². The predicted octanol–water partition coefficient (Wildman–Crippen LogP) is 2.69. The molecule has 19 heavy (non-hydrogen) atoms. The molecule has 1 aliphatic rings. The lowest BCUT2D eigenvalue weighted by atomic mass is 10.1. The molecule has 1 aromatic rings. The Morgan fingerprint density at radius 3 is 3.05 bits per heavy atom. The van der Waals surface area contributed by atoms with Gasteiger partial charge in [-0.2, -0.15) is 0 Å². The molecule has 1 saturated heterocycles. The first-order valence-electron chi connectivity index (χ1n) is 6.47. The van der Waals surface area contributed by atoms with Crippen LogP contribution >= 0.6 is 11.6 Å². The van der Waals surface area contributed by atoms with Crippen molar-refractivity contribution in [3.63, 3.8) is 0 Å². The van der Waals surface area contributed by atoms with Gasteiger partial charge in [-0.3, -0.25) is 4.79 Å². The highest BCUT2D eigenvalue weighted by Gasteiger charge is 2.23. The molecule has 1 atom stereocenters. The molecule has 1 fully saturated rings. The lowest BCUT2D eigenvalue weighted by Gasteiger charge is -2.32. The molecule has 0 unspecified atom stereocenters. The van der Waals surface area contributed by atoms with Crippen LogP contribution in [0.2, 0.25) is 5.02 Å². The molecule has 2 rings (SSSR count). The van der Waals surface area contributed by atoms with Crippen LogP contribution in [0.5, 0.6) is 0 Å². The Hall–Kier alpha value is -1.32. The Balaban J connectivity index is 1.98. The second-order valence-corrected chi connectivity index (χ2v) is 4.98. The third kappa shape index (κ3) is 3.82. The highest BCUT2D eigenvalue weighted by molar-refractivity contribution is 6.31. The third-order valence-corrected chi connectivity index (χ3v) is 3.53. The zero-order valence-corrected chi connectivity index (χ0v) is 11.8. The standard InChI is InChI=1S/C15H18ClNO2/c1-2-5-15(18)17-8-9-19-13(11-17)10-12-6-3-4-7-14(12)16/h2-7,13H,8-11H2,1H3/b5-2+/t13-/m0/s1. The minimum Gasteiger partial charge on any atom is -0.374 e. The maximum atomic E-state index is 11.8. The van der Waals surface area contributed by atoms with E-state index < -0.39 is 0 Å². The Morgan fingerprint density at radius 1 is 1.53 bits per heavy atom. The number of hydrogen-bond acceptors (Lipinski definition) is 2. The van der Waals surface area contributed by atoms with Gasteiger partial charge >= 0.3 is 0 Å². The number of carbonyl (C=O) groups excluding carboxylic acids is 1. The van der Waals surface area contributed by atoms with Crippen molar-refractivity contribution in [1.29, 1.82) is 0 Å². The molecule has 0 N–H and O–H groups in total. The van der Waals surface area contributed by atoms with E-state index in [0.717, 1.165) is 17.0 Å². The van der Waals surface area contributed by atoms with E-state index in [9.17, 15) is 4.79 Å². The lowest BCUT2D eigenvalue weighted by Crippen LogP contribution is -2.45. The van der Waals surface area contributed by atoms with Gasteiger partial charge in [-0.1, -0.05) is 35.9 Å². The summed E-state index contributed by atoms with van der Waals surface area (Å²) in [4.78, 5) is 13.6. The van der Waals surface area contributed by atoms with Crippen molar-refractivity contribution in [2.45, 2.75) is 19.4 Å². The molecule has 102 valence electrons. The van der Waals surface area contributed by atoms with E-state index >= 15 is 0 Å². The quantitative estimate of drug-likeness (QED) is 0.796. The fraction of sp³-hybridized carbons (Fsp3) is 0.400. The van der Waals surface area contributed by atoms with Gasteiger partial charge in [-0.05, 0) is 24.6 Å². The number of halogens is 1. The van der Waals surface area contributed by atoms with Gasteiger partial charge in [0, 0.05) is 24.5 Å². The molecule has 0 bridgehead atoms. The van der Waals surface area contributed by atoms with E-state index in [0.29, 0.717) is 19.7 Å². The number of allylic oxidation sites excluding steroid dienone is 1. The lowest BCUT2D eigenvalue weighted by molar-refractivity contribution is -0.133.